The van der Waals surface area contributed by atoms with E-state index in [4.69, 9.17) is 18.9 Å². The maximum Gasteiger partial charge on any atom is 0.338 e. The quantitative estimate of drug-likeness (QED) is 0.0517. The van der Waals surface area contributed by atoms with Gasteiger partial charge in [-0.3, -0.25) is 0 Å². The van der Waals surface area contributed by atoms with Crippen LogP contribution in [0.25, 0.3) is 86.2 Å². The number of carbonyl (C=O) groups is 4. The summed E-state index contributed by atoms with van der Waals surface area (Å²) in [5, 5.41) is 16.1. The Morgan fingerprint density at radius 3 is 0.647 bits per heavy atom. The van der Waals surface area contributed by atoms with E-state index in [1.165, 1.54) is 0 Å². The van der Waals surface area contributed by atoms with Crippen LogP contribution in [-0.2, 0) is 18.9 Å². The van der Waals surface area contributed by atoms with Gasteiger partial charge in [0.1, 0.15) is 0 Å². The first-order chi connectivity index (χ1) is 32.7. The molecule has 0 saturated heterocycles. The summed E-state index contributed by atoms with van der Waals surface area (Å²) in [5.74, 6) is -0.113. The smallest absolute Gasteiger partial charge is 0.338 e. The van der Waals surface area contributed by atoms with Crippen molar-refractivity contribution in [3.8, 4) is 0 Å². The third-order valence-corrected chi connectivity index (χ3v) is 12.4. The first kappa shape index (κ1) is 45.8. The number of rotatable bonds is 12. The molecule has 0 bridgehead atoms. The molecule has 0 radical (unpaired) electrons. The third-order valence-electron chi connectivity index (χ3n) is 12.4. The molecule has 0 amide bonds. The van der Waals surface area contributed by atoms with Gasteiger partial charge in [0.2, 0.25) is 0 Å². The van der Waals surface area contributed by atoms with Crippen LogP contribution in [0.2, 0.25) is 0 Å². The lowest BCUT2D eigenvalue weighted by Gasteiger charge is -2.17. The van der Waals surface area contributed by atoms with Crippen molar-refractivity contribution >= 4 is 110 Å². The second-order valence-electron chi connectivity index (χ2n) is 19.5. The minimum absolute atomic E-state index is 0.273. The maximum atomic E-state index is 12.9. The highest BCUT2D eigenvalue weighted by atomic mass is 16.5. The van der Waals surface area contributed by atoms with E-state index in [1.54, 1.807) is 0 Å². The van der Waals surface area contributed by atoms with Crippen molar-refractivity contribution < 1.29 is 38.1 Å². The molecule has 8 heteroatoms. The highest BCUT2D eigenvalue weighted by molar-refractivity contribution is 6.37. The van der Waals surface area contributed by atoms with Gasteiger partial charge in [0.25, 0.3) is 0 Å². The van der Waals surface area contributed by atoms with Gasteiger partial charge in [-0.05, 0) is 134 Å². The Balaban J connectivity index is 0.000000170. The molecule has 0 atom stereocenters. The van der Waals surface area contributed by atoms with Crippen molar-refractivity contribution in [2.24, 2.45) is 23.7 Å². The van der Waals surface area contributed by atoms with Crippen LogP contribution in [0.4, 0.5) is 0 Å². The van der Waals surface area contributed by atoms with E-state index in [1.807, 2.05) is 152 Å². The van der Waals surface area contributed by atoms with Gasteiger partial charge < -0.3 is 18.9 Å². The second-order valence-corrected chi connectivity index (χ2v) is 19.5. The number of carbonyl (C=O) groups excluding carboxylic acids is 4. The van der Waals surface area contributed by atoms with E-state index in [2.05, 4.69) is 24.3 Å². The first-order valence-corrected chi connectivity index (χ1v) is 23.7. The van der Waals surface area contributed by atoms with Crippen LogP contribution in [0.15, 0.2) is 121 Å². The zero-order valence-corrected chi connectivity index (χ0v) is 40.0. The van der Waals surface area contributed by atoms with Crippen LogP contribution in [0.5, 0.6) is 0 Å². The summed E-state index contributed by atoms with van der Waals surface area (Å²) >= 11 is 0. The van der Waals surface area contributed by atoms with E-state index in [0.717, 1.165) is 86.2 Å². The summed E-state index contributed by atoms with van der Waals surface area (Å²) in [6.45, 7) is 17.7. The zero-order chi connectivity index (χ0) is 48.0. The van der Waals surface area contributed by atoms with E-state index in [-0.39, 0.29) is 47.5 Å². The Kier molecular flexibility index (Phi) is 12.6. The van der Waals surface area contributed by atoms with Crippen LogP contribution in [-0.4, -0.2) is 50.3 Å². The molecule has 0 aliphatic rings. The van der Waals surface area contributed by atoms with Crippen molar-refractivity contribution in [3.05, 3.63) is 144 Å². The van der Waals surface area contributed by atoms with E-state index in [0.29, 0.717) is 48.7 Å². The molecule has 0 fully saturated rings. The van der Waals surface area contributed by atoms with E-state index >= 15 is 0 Å². The van der Waals surface area contributed by atoms with Gasteiger partial charge in [-0.25, -0.2) is 19.2 Å². The number of fused-ring (bicyclic) bond motifs is 4. The van der Waals surface area contributed by atoms with Crippen molar-refractivity contribution in [3.63, 3.8) is 0 Å². The third kappa shape index (κ3) is 8.37. The molecule has 0 unspecified atom stereocenters. The summed E-state index contributed by atoms with van der Waals surface area (Å²) in [6.07, 6.45) is 0. The molecule has 0 saturated carbocycles. The number of esters is 4. The minimum atomic E-state index is -0.301. The molecule has 0 N–H and O–H groups in total. The fourth-order valence-corrected chi connectivity index (χ4v) is 9.41. The van der Waals surface area contributed by atoms with Gasteiger partial charge in [-0.15, -0.1) is 0 Å². The number of benzene rings is 10. The molecule has 0 aromatic heterocycles. The summed E-state index contributed by atoms with van der Waals surface area (Å²) < 4.78 is 22.2. The molecule has 68 heavy (non-hydrogen) atoms. The van der Waals surface area contributed by atoms with Crippen molar-refractivity contribution in [2.75, 3.05) is 26.4 Å². The normalized spacial score (nSPS) is 11.9. The topological polar surface area (TPSA) is 105 Å². The largest absolute Gasteiger partial charge is 0.462 e. The molecule has 0 aliphatic carbocycles. The predicted octanol–water partition coefficient (Wildman–Crippen LogP) is 14.7. The Morgan fingerprint density at radius 1 is 0.279 bits per heavy atom. The van der Waals surface area contributed by atoms with Crippen LogP contribution in [0.1, 0.15) is 96.8 Å². The van der Waals surface area contributed by atoms with Gasteiger partial charge in [0, 0.05) is 0 Å². The van der Waals surface area contributed by atoms with Gasteiger partial charge in [-0.1, -0.05) is 152 Å². The molecule has 8 nitrogen and oxygen atoms in total. The SMILES string of the molecule is CC(C)COC(=O)c1ccc2c3cccc4c(C(=O)OCC(C)C)ccc(c5cccc1c52)c43.CC(C)COC(=O)c1ccc2c3cccc4c(C(=O)OCC(C)C)ccc(c5cccc1c52)c43. The standard InChI is InChI=1S/2C30H28O4/c2*1-17(2)15-33-29(31)25-13-11-23-20-8-6-10-22-26(30(32)34-16-18(3)4)14-12-24(28(20)22)19-7-5-9-21(25)27(19)23/h2*5-14,17-18H,15-16H2,1-4H3. The zero-order valence-electron chi connectivity index (χ0n) is 40.0. The number of hydrogen-bond acceptors (Lipinski definition) is 8. The lowest BCUT2D eigenvalue weighted by molar-refractivity contribution is 0.0453. The van der Waals surface area contributed by atoms with Crippen LogP contribution >= 0.6 is 0 Å². The molecular formula is C60H56O8. The van der Waals surface area contributed by atoms with Crippen molar-refractivity contribution in [1.29, 1.82) is 0 Å². The van der Waals surface area contributed by atoms with E-state index in [9.17, 15) is 19.2 Å². The Labute approximate surface area is 395 Å². The van der Waals surface area contributed by atoms with Crippen LogP contribution < -0.4 is 0 Å². The van der Waals surface area contributed by atoms with Crippen molar-refractivity contribution in [1.82, 2.24) is 0 Å². The molecule has 0 spiro atoms. The fraction of sp³-hybridized carbons (Fsp3) is 0.267. The average Bonchev–Trinajstić information content (AvgIpc) is 3.33. The molecule has 10 aromatic carbocycles. The molecule has 10 aromatic rings. The summed E-state index contributed by atoms with van der Waals surface area (Å²) in [7, 11) is 0. The Bertz CT molecular complexity index is 3050. The molecule has 0 heterocycles. The van der Waals surface area contributed by atoms with Crippen LogP contribution in [0, 0.1) is 23.7 Å². The Morgan fingerprint density at radius 2 is 0.456 bits per heavy atom. The van der Waals surface area contributed by atoms with Crippen molar-refractivity contribution in [2.45, 2.75) is 55.4 Å². The lowest BCUT2D eigenvalue weighted by atomic mass is 9.87. The maximum absolute atomic E-state index is 12.9. The number of hydrogen-bond donors (Lipinski definition) is 0. The first-order valence-electron chi connectivity index (χ1n) is 23.7. The summed E-state index contributed by atoms with van der Waals surface area (Å²) in [6, 6.07) is 39.6. The highest BCUT2D eigenvalue weighted by Gasteiger charge is 2.23. The average molecular weight is 905 g/mol. The van der Waals surface area contributed by atoms with Gasteiger partial charge in [-0.2, -0.15) is 0 Å². The van der Waals surface area contributed by atoms with Gasteiger partial charge in [0.15, 0.2) is 0 Å². The lowest BCUT2D eigenvalue weighted by Crippen LogP contribution is -2.11. The van der Waals surface area contributed by atoms with Gasteiger partial charge in [0.05, 0.1) is 48.7 Å². The Hall–Kier alpha value is -7.32. The number of ether oxygens (including phenoxy) is 4. The summed E-state index contributed by atoms with van der Waals surface area (Å²) in [4.78, 5) is 51.5. The van der Waals surface area contributed by atoms with Gasteiger partial charge >= 0.3 is 23.9 Å². The molecular weight excluding hydrogens is 849 g/mol. The highest BCUT2D eigenvalue weighted by Crippen LogP contribution is 2.44. The molecule has 344 valence electrons. The predicted molar refractivity (Wildman–Crippen MR) is 276 cm³/mol. The van der Waals surface area contributed by atoms with E-state index < -0.39 is 0 Å². The van der Waals surface area contributed by atoms with Crippen LogP contribution in [0.3, 0.4) is 0 Å². The molecule has 10 rings (SSSR count). The molecule has 0 aliphatic heterocycles. The fourth-order valence-electron chi connectivity index (χ4n) is 9.41. The minimum Gasteiger partial charge on any atom is -0.462 e. The monoisotopic (exact) mass is 904 g/mol. The summed E-state index contributed by atoms with van der Waals surface area (Å²) in [5.41, 5.74) is 2.30. The second kappa shape index (κ2) is 18.8.